The lowest BCUT2D eigenvalue weighted by molar-refractivity contribution is 0.0814. The molecule has 4 rings (SSSR count). The number of hydrogen-bond donors (Lipinski definition) is 0. The first kappa shape index (κ1) is 17.3. The highest BCUT2D eigenvalue weighted by atomic mass is 32.1. The number of nitrogens with zero attached hydrogens (tertiary/aromatic N) is 5. The van der Waals surface area contributed by atoms with E-state index in [-0.39, 0.29) is 5.92 Å². The Kier molecular flexibility index (Phi) is 5.10. The van der Waals surface area contributed by atoms with Gasteiger partial charge in [0.1, 0.15) is 5.69 Å². The second-order valence-electron chi connectivity index (χ2n) is 6.76. The molecule has 4 heterocycles. The van der Waals surface area contributed by atoms with Crippen LogP contribution in [0.2, 0.25) is 0 Å². The van der Waals surface area contributed by atoms with Crippen molar-refractivity contribution in [1.29, 1.82) is 0 Å². The Morgan fingerprint density at radius 3 is 2.96 bits per heavy atom. The van der Waals surface area contributed by atoms with Gasteiger partial charge in [0.15, 0.2) is 0 Å². The number of pyridine rings is 1. The second kappa shape index (κ2) is 7.65. The van der Waals surface area contributed by atoms with Crippen LogP contribution in [0.3, 0.4) is 0 Å². The molecule has 7 heteroatoms. The molecule has 1 atom stereocenters. The van der Waals surface area contributed by atoms with Crippen LogP contribution in [0.5, 0.6) is 0 Å². The summed E-state index contributed by atoms with van der Waals surface area (Å²) >= 11 is 1.86. The number of hydrogen-bond acceptors (Lipinski definition) is 6. The van der Waals surface area contributed by atoms with Gasteiger partial charge in [-0.05, 0) is 31.2 Å². The van der Waals surface area contributed by atoms with Crippen LogP contribution in [0.25, 0.3) is 0 Å². The fourth-order valence-electron chi connectivity index (χ4n) is 3.53. The van der Waals surface area contributed by atoms with Crippen LogP contribution in [0.15, 0.2) is 36.5 Å². The first-order valence-corrected chi connectivity index (χ1v) is 9.64. The maximum atomic E-state index is 5.99. The highest BCUT2D eigenvalue weighted by molar-refractivity contribution is 7.11. The highest BCUT2D eigenvalue weighted by Gasteiger charge is 2.30. The lowest BCUT2D eigenvalue weighted by Gasteiger charge is -2.31. The first-order chi connectivity index (χ1) is 12.7. The van der Waals surface area contributed by atoms with Gasteiger partial charge in [-0.1, -0.05) is 11.3 Å². The van der Waals surface area contributed by atoms with Crippen molar-refractivity contribution >= 4 is 11.3 Å². The Hall–Kier alpha value is -2.09. The molecule has 3 aromatic rings. The molecule has 0 amide bonds. The van der Waals surface area contributed by atoms with E-state index in [2.05, 4.69) is 39.3 Å². The van der Waals surface area contributed by atoms with Gasteiger partial charge in [-0.25, -0.2) is 0 Å². The largest absolute Gasteiger partial charge is 0.374 e. The molecule has 1 unspecified atom stereocenters. The van der Waals surface area contributed by atoms with Gasteiger partial charge in [-0.3, -0.25) is 14.6 Å². The summed E-state index contributed by atoms with van der Waals surface area (Å²) in [5.41, 5.74) is 3.22. The summed E-state index contributed by atoms with van der Waals surface area (Å²) in [6.45, 7) is 6.07. The summed E-state index contributed by atoms with van der Waals surface area (Å²) in [4.78, 5) is 9.51. The normalized spacial score (nSPS) is 17.4. The molecule has 1 aliphatic rings. The molecule has 0 saturated carbocycles. The molecule has 6 nitrogen and oxygen atoms in total. The summed E-state index contributed by atoms with van der Waals surface area (Å²) in [6, 6.07) is 10.3. The summed E-state index contributed by atoms with van der Waals surface area (Å²) in [5.74, 6) is 0.267. The van der Waals surface area contributed by atoms with Crippen molar-refractivity contribution in [1.82, 2.24) is 24.9 Å². The monoisotopic (exact) mass is 369 g/mol. The summed E-state index contributed by atoms with van der Waals surface area (Å²) < 4.78 is 7.89. The van der Waals surface area contributed by atoms with Crippen molar-refractivity contribution in [2.75, 3.05) is 13.2 Å². The third kappa shape index (κ3) is 3.85. The van der Waals surface area contributed by atoms with E-state index in [1.807, 2.05) is 41.3 Å². The second-order valence-corrected chi connectivity index (χ2v) is 8.13. The van der Waals surface area contributed by atoms with Crippen molar-refractivity contribution in [2.24, 2.45) is 7.05 Å². The molecule has 136 valence electrons. The number of ether oxygens (including phenoxy) is 1. The Morgan fingerprint density at radius 1 is 1.27 bits per heavy atom. The number of aryl methyl sites for hydroxylation is 2. The van der Waals surface area contributed by atoms with E-state index in [0.29, 0.717) is 13.2 Å². The molecule has 0 aliphatic carbocycles. The zero-order chi connectivity index (χ0) is 17.9. The first-order valence-electron chi connectivity index (χ1n) is 8.83. The van der Waals surface area contributed by atoms with Crippen molar-refractivity contribution < 1.29 is 4.74 Å². The van der Waals surface area contributed by atoms with Crippen molar-refractivity contribution in [2.45, 2.75) is 32.5 Å². The molecule has 0 fully saturated rings. The number of thiophene rings is 1. The lowest BCUT2D eigenvalue weighted by Crippen LogP contribution is -2.35. The number of rotatable bonds is 6. The molecule has 0 aromatic carbocycles. The SMILES string of the molecule is Cc1ccc(CN2Cc3nnn(C)c3C(COCc3ccccn3)C2)s1. The Morgan fingerprint density at radius 2 is 2.19 bits per heavy atom. The molecule has 1 aliphatic heterocycles. The Labute approximate surface area is 157 Å². The van der Waals surface area contributed by atoms with Crippen LogP contribution in [-0.4, -0.2) is 38.0 Å². The van der Waals surface area contributed by atoms with Crippen molar-refractivity contribution in [3.05, 3.63) is 63.4 Å². The molecule has 0 bridgehead atoms. The quantitative estimate of drug-likeness (QED) is 0.669. The van der Waals surface area contributed by atoms with Crippen LogP contribution in [0, 0.1) is 6.92 Å². The average Bonchev–Trinajstić information content (AvgIpc) is 3.22. The van der Waals surface area contributed by atoms with Gasteiger partial charge in [-0.2, -0.15) is 0 Å². The van der Waals surface area contributed by atoms with Crippen LogP contribution < -0.4 is 0 Å². The van der Waals surface area contributed by atoms with Gasteiger partial charge in [0.2, 0.25) is 0 Å². The van der Waals surface area contributed by atoms with E-state index < -0.39 is 0 Å². The molecular weight excluding hydrogens is 346 g/mol. The van der Waals surface area contributed by atoms with Crippen LogP contribution in [0.1, 0.15) is 32.8 Å². The third-order valence-electron chi connectivity index (χ3n) is 4.65. The van der Waals surface area contributed by atoms with Gasteiger partial charge in [-0.15, -0.1) is 16.4 Å². The predicted octanol–water partition coefficient (Wildman–Crippen LogP) is 2.90. The van der Waals surface area contributed by atoms with E-state index >= 15 is 0 Å². The van der Waals surface area contributed by atoms with E-state index in [9.17, 15) is 0 Å². The van der Waals surface area contributed by atoms with E-state index in [4.69, 9.17) is 4.74 Å². The van der Waals surface area contributed by atoms with Gasteiger partial charge >= 0.3 is 0 Å². The number of fused-ring (bicyclic) bond motifs is 1. The minimum atomic E-state index is 0.267. The molecule has 0 N–H and O–H groups in total. The summed E-state index contributed by atoms with van der Waals surface area (Å²) in [5, 5.41) is 8.61. The predicted molar refractivity (Wildman–Crippen MR) is 101 cm³/mol. The molecule has 0 spiro atoms. The lowest BCUT2D eigenvalue weighted by atomic mass is 9.99. The highest BCUT2D eigenvalue weighted by Crippen LogP contribution is 2.29. The third-order valence-corrected chi connectivity index (χ3v) is 5.64. The van der Waals surface area contributed by atoms with Crippen LogP contribution >= 0.6 is 11.3 Å². The van der Waals surface area contributed by atoms with Crippen molar-refractivity contribution in [3.63, 3.8) is 0 Å². The molecular formula is C19H23N5OS. The Balaban J connectivity index is 1.44. The average molecular weight is 369 g/mol. The zero-order valence-corrected chi connectivity index (χ0v) is 15.9. The molecule has 3 aromatic heterocycles. The number of aromatic nitrogens is 4. The maximum absolute atomic E-state index is 5.99. The fraction of sp³-hybridized carbons (Fsp3) is 0.421. The molecule has 0 radical (unpaired) electrons. The van der Waals surface area contributed by atoms with Crippen LogP contribution in [-0.2, 0) is 31.5 Å². The standard InChI is InChI=1S/C19H23N5OS/c1-14-6-7-17(26-14)10-24-9-15(19-18(11-24)21-22-23(19)2)12-25-13-16-5-3-4-8-20-16/h3-8,15H,9-13H2,1-2H3. The van der Waals surface area contributed by atoms with E-state index in [1.54, 1.807) is 6.20 Å². The van der Waals surface area contributed by atoms with Gasteiger partial charge in [0, 0.05) is 48.6 Å². The van der Waals surface area contributed by atoms with Gasteiger partial charge < -0.3 is 4.74 Å². The topological polar surface area (TPSA) is 56.1 Å². The smallest absolute Gasteiger partial charge is 0.100 e. The minimum absolute atomic E-state index is 0.267. The van der Waals surface area contributed by atoms with E-state index in [1.165, 1.54) is 15.4 Å². The van der Waals surface area contributed by atoms with E-state index in [0.717, 1.165) is 31.0 Å². The van der Waals surface area contributed by atoms with Gasteiger partial charge in [0.05, 0.1) is 24.6 Å². The fourth-order valence-corrected chi connectivity index (χ4v) is 4.46. The van der Waals surface area contributed by atoms with Crippen molar-refractivity contribution in [3.8, 4) is 0 Å². The minimum Gasteiger partial charge on any atom is -0.374 e. The molecule has 26 heavy (non-hydrogen) atoms. The van der Waals surface area contributed by atoms with Gasteiger partial charge in [0.25, 0.3) is 0 Å². The molecule has 0 saturated heterocycles. The van der Waals surface area contributed by atoms with Crippen LogP contribution in [0.4, 0.5) is 0 Å². The Bertz CT molecular complexity index is 860. The maximum Gasteiger partial charge on any atom is 0.100 e. The zero-order valence-electron chi connectivity index (χ0n) is 15.1. The summed E-state index contributed by atoms with van der Waals surface area (Å²) in [7, 11) is 1.97. The summed E-state index contributed by atoms with van der Waals surface area (Å²) in [6.07, 6.45) is 1.80.